The minimum atomic E-state index is -0.407. The lowest BCUT2D eigenvalue weighted by molar-refractivity contribution is -0.121. The molecule has 0 atom stereocenters. The van der Waals surface area contributed by atoms with Gasteiger partial charge in [0.05, 0.1) is 20.4 Å². The fourth-order valence-electron chi connectivity index (χ4n) is 1.61. The van der Waals surface area contributed by atoms with Crippen molar-refractivity contribution in [3.8, 4) is 11.5 Å². The second-order valence-electron chi connectivity index (χ2n) is 4.10. The average molecular weight is 305 g/mol. The molecule has 2 rings (SSSR count). The molecule has 0 aliphatic rings. The molecule has 0 bridgehead atoms. The van der Waals surface area contributed by atoms with Crippen LogP contribution < -0.4 is 20.6 Å². The van der Waals surface area contributed by atoms with E-state index in [1.54, 1.807) is 25.3 Å². The summed E-state index contributed by atoms with van der Waals surface area (Å²) in [5.41, 5.74) is 8.54. The predicted octanol–water partition coefficient (Wildman–Crippen LogP) is -0.577. The first-order chi connectivity index (χ1) is 10.6. The van der Waals surface area contributed by atoms with Gasteiger partial charge in [0.2, 0.25) is 5.95 Å². The zero-order chi connectivity index (χ0) is 15.9. The number of nitrogens with one attached hydrogen (secondary N) is 1. The van der Waals surface area contributed by atoms with Crippen molar-refractivity contribution in [3.63, 3.8) is 0 Å². The van der Waals surface area contributed by atoms with E-state index in [2.05, 4.69) is 26.1 Å². The van der Waals surface area contributed by atoms with Gasteiger partial charge in [-0.1, -0.05) is 5.10 Å². The number of amides is 1. The number of benzene rings is 1. The molecule has 0 saturated heterocycles. The number of aromatic nitrogens is 4. The largest absolute Gasteiger partial charge is 0.493 e. The fraction of sp³-hybridized carbons (Fsp3) is 0.250. The van der Waals surface area contributed by atoms with Gasteiger partial charge in [-0.2, -0.15) is 5.10 Å². The molecule has 0 unspecified atom stereocenters. The van der Waals surface area contributed by atoms with Gasteiger partial charge in [0.25, 0.3) is 5.91 Å². The molecule has 1 amide bonds. The second-order valence-corrected chi connectivity index (χ2v) is 4.10. The third kappa shape index (κ3) is 3.69. The number of rotatable bonds is 6. The summed E-state index contributed by atoms with van der Waals surface area (Å²) in [6.45, 7) is -0.123. The summed E-state index contributed by atoms with van der Waals surface area (Å²) < 4.78 is 11.5. The number of ether oxygens (including phenoxy) is 2. The van der Waals surface area contributed by atoms with Crippen LogP contribution in [0.3, 0.4) is 0 Å². The topological polar surface area (TPSA) is 130 Å². The number of methoxy groups -OCH3 is 2. The van der Waals surface area contributed by atoms with Crippen LogP contribution in [-0.2, 0) is 11.3 Å². The summed E-state index contributed by atoms with van der Waals surface area (Å²) in [6, 6.07) is 5.24. The maximum absolute atomic E-state index is 11.6. The lowest BCUT2D eigenvalue weighted by Crippen LogP contribution is -2.24. The molecule has 22 heavy (non-hydrogen) atoms. The smallest absolute Gasteiger partial charge is 0.261 e. The number of nitrogen functional groups attached to an aromatic ring is 1. The molecule has 0 saturated carbocycles. The van der Waals surface area contributed by atoms with Gasteiger partial charge in [-0.25, -0.2) is 10.1 Å². The summed E-state index contributed by atoms with van der Waals surface area (Å²) in [6.07, 6.45) is 1.48. The molecular formula is C12H15N7O3. The van der Waals surface area contributed by atoms with Crippen molar-refractivity contribution in [2.24, 2.45) is 5.10 Å². The number of nitrogens with two attached hydrogens (primary N) is 1. The highest BCUT2D eigenvalue weighted by Gasteiger charge is 2.07. The van der Waals surface area contributed by atoms with Crippen molar-refractivity contribution in [1.82, 2.24) is 25.6 Å². The normalized spacial score (nSPS) is 10.6. The Morgan fingerprint density at radius 2 is 2.18 bits per heavy atom. The molecule has 0 radical (unpaired) electrons. The third-order valence-corrected chi connectivity index (χ3v) is 2.66. The van der Waals surface area contributed by atoms with Crippen molar-refractivity contribution in [2.75, 3.05) is 20.0 Å². The monoisotopic (exact) mass is 305 g/mol. The van der Waals surface area contributed by atoms with Crippen LogP contribution in [0.4, 0.5) is 5.95 Å². The molecule has 3 N–H and O–H groups in total. The molecule has 1 heterocycles. The average Bonchev–Trinajstić information content (AvgIpc) is 2.92. The summed E-state index contributed by atoms with van der Waals surface area (Å²) in [7, 11) is 3.09. The van der Waals surface area contributed by atoms with E-state index in [-0.39, 0.29) is 12.5 Å². The number of carbonyl (C=O) groups excluding carboxylic acids is 1. The van der Waals surface area contributed by atoms with Crippen LogP contribution in [0.2, 0.25) is 0 Å². The first-order valence-corrected chi connectivity index (χ1v) is 6.19. The molecular weight excluding hydrogens is 290 g/mol. The quantitative estimate of drug-likeness (QED) is 0.539. The second kappa shape index (κ2) is 7.02. The van der Waals surface area contributed by atoms with Gasteiger partial charge in [0.1, 0.15) is 6.54 Å². The van der Waals surface area contributed by atoms with Gasteiger partial charge in [0.15, 0.2) is 11.5 Å². The SMILES string of the molecule is COc1ccc(/C=N\NC(=O)Cn2nnnc2N)cc1OC. The minimum absolute atomic E-state index is 0.0546. The number of nitrogens with zero attached hydrogens (tertiary/aromatic N) is 5. The maximum atomic E-state index is 11.6. The van der Waals surface area contributed by atoms with E-state index >= 15 is 0 Å². The number of hydrazone groups is 1. The zero-order valence-electron chi connectivity index (χ0n) is 12.1. The maximum Gasteiger partial charge on any atom is 0.261 e. The zero-order valence-corrected chi connectivity index (χ0v) is 12.1. The number of tetrazole rings is 1. The van der Waals surface area contributed by atoms with E-state index in [1.165, 1.54) is 13.3 Å². The fourth-order valence-corrected chi connectivity index (χ4v) is 1.61. The Labute approximate surface area is 125 Å². The standard InChI is InChI=1S/C12H15N7O3/c1-21-9-4-3-8(5-10(9)22-2)6-14-15-11(20)7-19-12(13)16-17-18-19/h3-6H,7H2,1-2H3,(H,15,20)(H2,13,16,18)/b14-6-. The Morgan fingerprint density at radius 1 is 1.41 bits per heavy atom. The highest BCUT2D eigenvalue weighted by atomic mass is 16.5. The Morgan fingerprint density at radius 3 is 2.82 bits per heavy atom. The molecule has 0 spiro atoms. The van der Waals surface area contributed by atoms with E-state index in [0.29, 0.717) is 11.5 Å². The summed E-state index contributed by atoms with van der Waals surface area (Å²) in [5.74, 6) is 0.826. The number of hydrogen-bond acceptors (Lipinski definition) is 8. The molecule has 116 valence electrons. The third-order valence-electron chi connectivity index (χ3n) is 2.66. The molecule has 1 aromatic heterocycles. The van der Waals surface area contributed by atoms with Crippen LogP contribution in [0.5, 0.6) is 11.5 Å². The highest BCUT2D eigenvalue weighted by molar-refractivity contribution is 5.83. The minimum Gasteiger partial charge on any atom is -0.493 e. The van der Waals surface area contributed by atoms with Crippen molar-refractivity contribution in [1.29, 1.82) is 0 Å². The summed E-state index contributed by atoms with van der Waals surface area (Å²) in [4.78, 5) is 11.6. The molecule has 10 heteroatoms. The Balaban J connectivity index is 1.94. The van der Waals surface area contributed by atoms with Crippen LogP contribution >= 0.6 is 0 Å². The van der Waals surface area contributed by atoms with Crippen LogP contribution in [0.25, 0.3) is 0 Å². The number of carbonyl (C=O) groups is 1. The molecule has 1 aromatic carbocycles. The summed E-state index contributed by atoms with van der Waals surface area (Å²) in [5, 5.41) is 14.2. The van der Waals surface area contributed by atoms with Crippen molar-refractivity contribution < 1.29 is 14.3 Å². The van der Waals surface area contributed by atoms with Gasteiger partial charge in [-0.05, 0) is 34.2 Å². The Hall–Kier alpha value is -3.17. The Bertz CT molecular complexity index is 683. The molecule has 0 aliphatic carbocycles. The van der Waals surface area contributed by atoms with E-state index in [4.69, 9.17) is 15.2 Å². The van der Waals surface area contributed by atoms with Crippen LogP contribution in [0.1, 0.15) is 5.56 Å². The predicted molar refractivity (Wildman–Crippen MR) is 77.5 cm³/mol. The van der Waals surface area contributed by atoms with Crippen LogP contribution in [0.15, 0.2) is 23.3 Å². The first-order valence-electron chi connectivity index (χ1n) is 6.19. The summed E-state index contributed by atoms with van der Waals surface area (Å²) >= 11 is 0. The van der Waals surface area contributed by atoms with Gasteiger partial charge >= 0.3 is 0 Å². The Kier molecular flexibility index (Phi) is 4.85. The van der Waals surface area contributed by atoms with Crippen molar-refractivity contribution in [3.05, 3.63) is 23.8 Å². The van der Waals surface area contributed by atoms with E-state index in [9.17, 15) is 4.79 Å². The lowest BCUT2D eigenvalue weighted by atomic mass is 10.2. The van der Waals surface area contributed by atoms with Gasteiger partial charge < -0.3 is 15.2 Å². The lowest BCUT2D eigenvalue weighted by Gasteiger charge is -2.07. The van der Waals surface area contributed by atoms with E-state index in [1.807, 2.05) is 0 Å². The van der Waals surface area contributed by atoms with Crippen LogP contribution in [0, 0.1) is 0 Å². The number of hydrogen-bond donors (Lipinski definition) is 2. The van der Waals surface area contributed by atoms with Crippen molar-refractivity contribution >= 4 is 18.1 Å². The van der Waals surface area contributed by atoms with E-state index < -0.39 is 5.91 Å². The van der Waals surface area contributed by atoms with Gasteiger partial charge in [0, 0.05) is 0 Å². The number of anilines is 1. The molecule has 10 nitrogen and oxygen atoms in total. The van der Waals surface area contributed by atoms with E-state index in [0.717, 1.165) is 10.2 Å². The van der Waals surface area contributed by atoms with Crippen molar-refractivity contribution in [2.45, 2.75) is 6.54 Å². The first kappa shape index (κ1) is 15.2. The molecule has 2 aromatic rings. The molecule has 0 fully saturated rings. The van der Waals surface area contributed by atoms with Crippen LogP contribution in [-0.4, -0.2) is 46.5 Å². The van der Waals surface area contributed by atoms with Gasteiger partial charge in [-0.3, -0.25) is 4.79 Å². The molecule has 0 aliphatic heterocycles. The van der Waals surface area contributed by atoms with Gasteiger partial charge in [-0.15, -0.1) is 0 Å². The highest BCUT2D eigenvalue weighted by Crippen LogP contribution is 2.26.